The maximum absolute atomic E-state index is 12.8. The van der Waals surface area contributed by atoms with Crippen LogP contribution >= 0.6 is 0 Å². The molecule has 0 aromatic carbocycles. The van der Waals surface area contributed by atoms with Crippen molar-refractivity contribution < 1.29 is 9.53 Å². The average molecular weight is 287 g/mol. The number of rotatable bonds is 1. The monoisotopic (exact) mass is 287 g/mol. The Morgan fingerprint density at radius 3 is 3.00 bits per heavy atom. The van der Waals surface area contributed by atoms with Gasteiger partial charge in [-0.3, -0.25) is 4.79 Å². The van der Waals surface area contributed by atoms with E-state index >= 15 is 0 Å². The Bertz CT molecular complexity index is 699. The molecule has 2 fully saturated rings. The third-order valence-corrected chi connectivity index (χ3v) is 4.57. The highest BCUT2D eigenvalue weighted by Crippen LogP contribution is 2.32. The normalized spacial score (nSPS) is 28.8. The first-order chi connectivity index (χ1) is 10.2. The molecule has 1 amide bonds. The Morgan fingerprint density at radius 2 is 2.19 bits per heavy atom. The van der Waals surface area contributed by atoms with Gasteiger partial charge in [-0.2, -0.15) is 0 Å². The zero-order chi connectivity index (χ0) is 14.4. The third kappa shape index (κ3) is 1.92. The SMILES string of the molecule is N[C@@]12CCOC[C@@H]1CN(C(=O)c1nccn3ccnc13)C2. The van der Waals surface area contributed by atoms with Crippen molar-refractivity contribution in [1.82, 2.24) is 19.3 Å². The fourth-order valence-electron chi connectivity index (χ4n) is 3.30. The molecule has 2 saturated heterocycles. The van der Waals surface area contributed by atoms with E-state index in [1.807, 2.05) is 0 Å². The zero-order valence-corrected chi connectivity index (χ0v) is 11.6. The van der Waals surface area contributed by atoms with Crippen molar-refractivity contribution in [3.63, 3.8) is 0 Å². The van der Waals surface area contributed by atoms with Gasteiger partial charge in [0.15, 0.2) is 11.3 Å². The van der Waals surface area contributed by atoms with Crippen LogP contribution in [0.25, 0.3) is 5.65 Å². The molecule has 110 valence electrons. The van der Waals surface area contributed by atoms with Gasteiger partial charge in [-0.15, -0.1) is 0 Å². The van der Waals surface area contributed by atoms with Gasteiger partial charge in [0.1, 0.15) is 0 Å². The van der Waals surface area contributed by atoms with Crippen molar-refractivity contribution in [1.29, 1.82) is 0 Å². The van der Waals surface area contributed by atoms with Crippen molar-refractivity contribution in [2.24, 2.45) is 11.7 Å². The smallest absolute Gasteiger partial charge is 0.276 e. The molecule has 4 rings (SSSR count). The minimum atomic E-state index is -0.325. The van der Waals surface area contributed by atoms with Gasteiger partial charge in [0.05, 0.1) is 6.61 Å². The summed E-state index contributed by atoms with van der Waals surface area (Å²) in [5.41, 5.74) is 7.09. The van der Waals surface area contributed by atoms with Gasteiger partial charge in [-0.1, -0.05) is 0 Å². The van der Waals surface area contributed by atoms with Crippen LogP contribution in [0.15, 0.2) is 24.8 Å². The Morgan fingerprint density at radius 1 is 1.38 bits per heavy atom. The number of likely N-dealkylation sites (tertiary alicyclic amines) is 1. The molecule has 7 heteroatoms. The van der Waals surface area contributed by atoms with Crippen LogP contribution in [-0.2, 0) is 4.74 Å². The quantitative estimate of drug-likeness (QED) is 0.793. The molecule has 4 heterocycles. The van der Waals surface area contributed by atoms with Crippen LogP contribution in [0.2, 0.25) is 0 Å². The number of fused-ring (bicyclic) bond motifs is 2. The Labute approximate surface area is 121 Å². The van der Waals surface area contributed by atoms with Crippen LogP contribution in [0.1, 0.15) is 16.9 Å². The van der Waals surface area contributed by atoms with Gasteiger partial charge in [0.2, 0.25) is 0 Å². The highest BCUT2D eigenvalue weighted by atomic mass is 16.5. The summed E-state index contributed by atoms with van der Waals surface area (Å²) >= 11 is 0. The van der Waals surface area contributed by atoms with Crippen LogP contribution in [0.4, 0.5) is 0 Å². The lowest BCUT2D eigenvalue weighted by molar-refractivity contribution is 0.0241. The number of hydrogen-bond donors (Lipinski definition) is 1. The number of nitrogens with two attached hydrogens (primary N) is 1. The molecule has 2 aromatic rings. The highest BCUT2D eigenvalue weighted by molar-refractivity contribution is 5.98. The lowest BCUT2D eigenvalue weighted by atomic mass is 9.84. The largest absolute Gasteiger partial charge is 0.381 e. The van der Waals surface area contributed by atoms with Gasteiger partial charge in [-0.05, 0) is 6.42 Å². The predicted molar refractivity (Wildman–Crippen MR) is 74.7 cm³/mol. The van der Waals surface area contributed by atoms with E-state index in [0.29, 0.717) is 37.6 Å². The van der Waals surface area contributed by atoms with Gasteiger partial charge in [0, 0.05) is 55.9 Å². The van der Waals surface area contributed by atoms with E-state index in [4.69, 9.17) is 10.5 Å². The van der Waals surface area contributed by atoms with E-state index in [2.05, 4.69) is 9.97 Å². The molecule has 0 radical (unpaired) electrons. The number of imidazole rings is 1. The van der Waals surface area contributed by atoms with E-state index in [-0.39, 0.29) is 17.4 Å². The van der Waals surface area contributed by atoms with Crippen molar-refractivity contribution in [2.75, 3.05) is 26.3 Å². The molecule has 2 aliphatic rings. The molecule has 2 atom stereocenters. The molecule has 21 heavy (non-hydrogen) atoms. The molecule has 0 bridgehead atoms. The lowest BCUT2D eigenvalue weighted by Gasteiger charge is -2.34. The Balaban J connectivity index is 1.65. The van der Waals surface area contributed by atoms with Gasteiger partial charge in [-0.25, -0.2) is 9.97 Å². The maximum Gasteiger partial charge on any atom is 0.276 e. The molecular weight excluding hydrogens is 270 g/mol. The van der Waals surface area contributed by atoms with Gasteiger partial charge in [0.25, 0.3) is 5.91 Å². The molecule has 0 aliphatic carbocycles. The summed E-state index contributed by atoms with van der Waals surface area (Å²) in [6.45, 7) is 2.48. The number of carbonyl (C=O) groups is 1. The molecule has 0 spiro atoms. The number of ether oxygens (including phenoxy) is 1. The summed E-state index contributed by atoms with van der Waals surface area (Å²) in [6, 6.07) is 0. The summed E-state index contributed by atoms with van der Waals surface area (Å²) in [5, 5.41) is 0. The first kappa shape index (κ1) is 12.7. The first-order valence-corrected chi connectivity index (χ1v) is 7.11. The minimum Gasteiger partial charge on any atom is -0.381 e. The standard InChI is InChI=1S/C14H17N5O2/c15-14-1-6-21-8-10(14)7-19(9-14)13(20)11-12-17-3-5-18(12)4-2-16-11/h2-5,10H,1,6-9,15H2/t10-,14+/m0/s1. The molecule has 7 nitrogen and oxygen atoms in total. The van der Waals surface area contributed by atoms with E-state index in [0.717, 1.165) is 6.42 Å². The Hall–Kier alpha value is -1.99. The molecule has 0 saturated carbocycles. The van der Waals surface area contributed by atoms with Crippen molar-refractivity contribution in [2.45, 2.75) is 12.0 Å². The summed E-state index contributed by atoms with van der Waals surface area (Å²) in [5.74, 6) is 0.0979. The number of hydrogen-bond acceptors (Lipinski definition) is 5. The summed E-state index contributed by atoms with van der Waals surface area (Å²) in [4.78, 5) is 23.0. The van der Waals surface area contributed by atoms with Crippen LogP contribution in [-0.4, -0.2) is 57.0 Å². The summed E-state index contributed by atoms with van der Waals surface area (Å²) in [7, 11) is 0. The minimum absolute atomic E-state index is 0.106. The molecule has 0 unspecified atom stereocenters. The fraction of sp³-hybridized carbons (Fsp3) is 0.500. The molecule has 2 aliphatic heterocycles. The Kier molecular flexibility index (Phi) is 2.73. The summed E-state index contributed by atoms with van der Waals surface area (Å²) < 4.78 is 7.29. The second kappa shape index (κ2) is 4.51. The second-order valence-electron chi connectivity index (χ2n) is 5.87. The topological polar surface area (TPSA) is 85.8 Å². The highest BCUT2D eigenvalue weighted by Gasteiger charge is 2.47. The lowest BCUT2D eigenvalue weighted by Crippen LogP contribution is -2.52. The predicted octanol–water partition coefficient (Wildman–Crippen LogP) is -0.0809. The molecule has 2 aromatic heterocycles. The number of aromatic nitrogens is 3. The average Bonchev–Trinajstić information content (AvgIpc) is 3.09. The number of amides is 1. The molecular formula is C14H17N5O2. The van der Waals surface area contributed by atoms with Crippen LogP contribution in [0.5, 0.6) is 0 Å². The van der Waals surface area contributed by atoms with Gasteiger partial charge >= 0.3 is 0 Å². The molecule has 2 N–H and O–H groups in total. The van der Waals surface area contributed by atoms with Crippen molar-refractivity contribution in [3.8, 4) is 0 Å². The first-order valence-electron chi connectivity index (χ1n) is 7.11. The van der Waals surface area contributed by atoms with E-state index in [1.54, 1.807) is 34.1 Å². The zero-order valence-electron chi connectivity index (χ0n) is 11.6. The van der Waals surface area contributed by atoms with Crippen LogP contribution in [0, 0.1) is 5.92 Å². The summed E-state index contributed by atoms with van der Waals surface area (Å²) in [6.07, 6.45) is 7.65. The number of carbonyl (C=O) groups excluding carboxylic acids is 1. The maximum atomic E-state index is 12.8. The second-order valence-corrected chi connectivity index (χ2v) is 5.87. The van der Waals surface area contributed by atoms with Crippen LogP contribution < -0.4 is 5.73 Å². The third-order valence-electron chi connectivity index (χ3n) is 4.57. The number of nitrogens with zero attached hydrogens (tertiary/aromatic N) is 4. The van der Waals surface area contributed by atoms with Crippen molar-refractivity contribution in [3.05, 3.63) is 30.5 Å². The van der Waals surface area contributed by atoms with E-state index in [9.17, 15) is 4.79 Å². The fourth-order valence-corrected chi connectivity index (χ4v) is 3.30. The van der Waals surface area contributed by atoms with E-state index < -0.39 is 0 Å². The van der Waals surface area contributed by atoms with E-state index in [1.165, 1.54) is 0 Å². The van der Waals surface area contributed by atoms with Gasteiger partial charge < -0.3 is 19.8 Å². The van der Waals surface area contributed by atoms with Crippen molar-refractivity contribution >= 4 is 11.6 Å². The van der Waals surface area contributed by atoms with Crippen LogP contribution in [0.3, 0.4) is 0 Å².